The Kier molecular flexibility index (Phi) is 5.08. The second-order valence-electron chi connectivity index (χ2n) is 8.74. The van der Waals surface area contributed by atoms with Crippen molar-refractivity contribution in [1.29, 1.82) is 0 Å². The number of aryl methyl sites for hydroxylation is 3. The molecule has 0 bridgehead atoms. The van der Waals surface area contributed by atoms with E-state index in [1.807, 2.05) is 45.3 Å². The fourth-order valence-electron chi connectivity index (χ4n) is 4.63. The molecule has 1 aliphatic heterocycles. The van der Waals surface area contributed by atoms with E-state index in [1.165, 1.54) is 0 Å². The van der Waals surface area contributed by atoms with Crippen molar-refractivity contribution >= 4 is 28.0 Å². The molecule has 0 saturated heterocycles. The van der Waals surface area contributed by atoms with E-state index in [4.69, 9.17) is 4.74 Å². The highest BCUT2D eigenvalue weighted by Gasteiger charge is 2.25. The van der Waals surface area contributed by atoms with Crippen molar-refractivity contribution in [3.05, 3.63) is 76.3 Å². The van der Waals surface area contributed by atoms with Gasteiger partial charge < -0.3 is 19.1 Å². The number of benzene rings is 2. The molecule has 0 N–H and O–H groups in total. The van der Waals surface area contributed by atoms with Gasteiger partial charge in [0.1, 0.15) is 5.75 Å². The summed E-state index contributed by atoms with van der Waals surface area (Å²) in [5.41, 5.74) is 8.20. The van der Waals surface area contributed by atoms with Gasteiger partial charge in [-0.3, -0.25) is 9.78 Å². The molecular weight excluding hydrogens is 412 g/mol. The molecule has 2 aromatic heterocycles. The van der Waals surface area contributed by atoms with E-state index in [9.17, 15) is 4.79 Å². The molecule has 2 aromatic carbocycles. The molecule has 0 fully saturated rings. The number of fused-ring (bicyclic) bond motifs is 2. The first-order valence-corrected chi connectivity index (χ1v) is 11.1. The van der Waals surface area contributed by atoms with Gasteiger partial charge in [-0.25, -0.2) is 0 Å². The van der Waals surface area contributed by atoms with Gasteiger partial charge in [-0.1, -0.05) is 12.1 Å². The summed E-state index contributed by atoms with van der Waals surface area (Å²) in [7, 11) is 5.61. The topological polar surface area (TPSA) is 50.6 Å². The van der Waals surface area contributed by atoms with E-state index >= 15 is 0 Å². The van der Waals surface area contributed by atoms with Crippen LogP contribution in [-0.4, -0.2) is 36.8 Å². The maximum absolute atomic E-state index is 12.6. The Balaban J connectivity index is 1.70. The molecule has 0 spiro atoms. The van der Waals surface area contributed by atoms with E-state index in [1.54, 1.807) is 11.7 Å². The van der Waals surface area contributed by atoms with Gasteiger partial charge in [0, 0.05) is 67.7 Å². The van der Waals surface area contributed by atoms with Crippen molar-refractivity contribution in [2.75, 3.05) is 37.0 Å². The third kappa shape index (κ3) is 3.52. The summed E-state index contributed by atoms with van der Waals surface area (Å²) in [6.45, 7) is 5.58. The number of likely N-dealkylation sites (N-methyl/N-ethyl adjacent to an activating group) is 1. The zero-order valence-corrected chi connectivity index (χ0v) is 19.7. The van der Waals surface area contributed by atoms with Gasteiger partial charge in [0.25, 0.3) is 5.56 Å². The number of methoxy groups -OCH3 is 1. The van der Waals surface area contributed by atoms with Crippen molar-refractivity contribution in [1.82, 2.24) is 9.55 Å². The maximum Gasteiger partial charge on any atom is 0.253 e. The average molecular weight is 441 g/mol. The molecule has 3 heterocycles. The van der Waals surface area contributed by atoms with Crippen molar-refractivity contribution in [3.63, 3.8) is 0 Å². The van der Waals surface area contributed by atoms with E-state index < -0.39 is 0 Å². The van der Waals surface area contributed by atoms with Gasteiger partial charge in [0.2, 0.25) is 0 Å². The maximum atomic E-state index is 12.6. The molecule has 0 aliphatic carbocycles. The van der Waals surface area contributed by atoms with Crippen LogP contribution in [0.2, 0.25) is 0 Å². The van der Waals surface area contributed by atoms with Crippen LogP contribution in [0.25, 0.3) is 22.0 Å². The number of ether oxygens (including phenoxy) is 1. The fraction of sp³-hybridized carbons (Fsp3) is 0.259. The van der Waals surface area contributed by atoms with E-state index in [0.29, 0.717) is 0 Å². The van der Waals surface area contributed by atoms with Gasteiger partial charge in [0.15, 0.2) is 0 Å². The third-order valence-corrected chi connectivity index (χ3v) is 6.58. The lowest BCUT2D eigenvalue weighted by Crippen LogP contribution is -2.36. The fourth-order valence-corrected chi connectivity index (χ4v) is 4.63. The van der Waals surface area contributed by atoms with Crippen LogP contribution in [0.1, 0.15) is 11.3 Å². The zero-order chi connectivity index (χ0) is 23.3. The summed E-state index contributed by atoms with van der Waals surface area (Å²) in [6, 6.07) is 16.7. The lowest BCUT2D eigenvalue weighted by atomic mass is 10.0. The molecule has 0 saturated carbocycles. The van der Waals surface area contributed by atoms with Gasteiger partial charge in [-0.2, -0.15) is 0 Å². The minimum atomic E-state index is 0.0110. The number of hydrogen-bond donors (Lipinski definition) is 0. The molecule has 6 nitrogen and oxygen atoms in total. The predicted molar refractivity (Wildman–Crippen MR) is 135 cm³/mol. The van der Waals surface area contributed by atoms with Crippen molar-refractivity contribution in [2.24, 2.45) is 7.05 Å². The van der Waals surface area contributed by atoms with Crippen LogP contribution in [0, 0.1) is 13.8 Å². The summed E-state index contributed by atoms with van der Waals surface area (Å²) in [4.78, 5) is 21.7. The van der Waals surface area contributed by atoms with Crippen molar-refractivity contribution in [3.8, 4) is 16.9 Å². The molecule has 0 unspecified atom stereocenters. The van der Waals surface area contributed by atoms with E-state index in [2.05, 4.69) is 52.2 Å². The molecule has 0 amide bonds. The second-order valence-corrected chi connectivity index (χ2v) is 8.74. The molecule has 4 aromatic rings. The monoisotopic (exact) mass is 440 g/mol. The first kappa shape index (κ1) is 21.1. The molecule has 0 radical (unpaired) electrons. The molecular formula is C27H28N4O2. The van der Waals surface area contributed by atoms with Gasteiger partial charge in [-0.05, 0) is 43.7 Å². The molecule has 6 heteroatoms. The second kappa shape index (κ2) is 7.96. The standard InChI is InChI=1S/C27H28N4O2/c1-17-12-22-24(30(4)27(17)32)14-21(33-5)15-25(22)31-11-10-29(3)26-13-19(8-9-23(26)31)20-7-6-18(2)28-16-20/h6-9,12-16H,10-11H2,1-5H3. The Morgan fingerprint density at radius 3 is 2.39 bits per heavy atom. The summed E-state index contributed by atoms with van der Waals surface area (Å²) in [5.74, 6) is 0.735. The Morgan fingerprint density at radius 1 is 0.879 bits per heavy atom. The highest BCUT2D eigenvalue weighted by Crippen LogP contribution is 2.43. The van der Waals surface area contributed by atoms with Crippen LogP contribution in [0.5, 0.6) is 5.75 Å². The van der Waals surface area contributed by atoms with Gasteiger partial charge in [0.05, 0.1) is 29.7 Å². The summed E-state index contributed by atoms with van der Waals surface area (Å²) >= 11 is 0. The third-order valence-electron chi connectivity index (χ3n) is 6.58. The van der Waals surface area contributed by atoms with Crippen molar-refractivity contribution < 1.29 is 4.74 Å². The minimum absolute atomic E-state index is 0.0110. The first-order chi connectivity index (χ1) is 15.9. The zero-order valence-electron chi connectivity index (χ0n) is 19.7. The Labute approximate surface area is 193 Å². The highest BCUT2D eigenvalue weighted by molar-refractivity contribution is 5.98. The van der Waals surface area contributed by atoms with Crippen molar-refractivity contribution in [2.45, 2.75) is 13.8 Å². The lowest BCUT2D eigenvalue weighted by Gasteiger charge is -2.38. The Bertz CT molecular complexity index is 1420. The quantitative estimate of drug-likeness (QED) is 0.457. The van der Waals surface area contributed by atoms with E-state index in [0.717, 1.165) is 69.2 Å². The van der Waals surface area contributed by atoms with Gasteiger partial charge >= 0.3 is 0 Å². The predicted octanol–water partition coefficient (Wildman–Crippen LogP) is 4.81. The van der Waals surface area contributed by atoms with Gasteiger partial charge in [-0.15, -0.1) is 0 Å². The Hall–Kier alpha value is -3.80. The Morgan fingerprint density at radius 2 is 1.67 bits per heavy atom. The summed E-state index contributed by atoms with van der Waals surface area (Å²) in [5, 5.41) is 1.04. The lowest BCUT2D eigenvalue weighted by molar-refractivity contribution is 0.415. The number of aromatic nitrogens is 2. The first-order valence-electron chi connectivity index (χ1n) is 11.1. The smallest absolute Gasteiger partial charge is 0.253 e. The molecule has 1 aliphatic rings. The van der Waals surface area contributed by atoms with E-state index in [-0.39, 0.29) is 5.56 Å². The van der Waals surface area contributed by atoms with Crippen LogP contribution >= 0.6 is 0 Å². The van der Waals surface area contributed by atoms with Crippen LogP contribution in [-0.2, 0) is 7.05 Å². The molecule has 33 heavy (non-hydrogen) atoms. The average Bonchev–Trinajstić information content (AvgIpc) is 2.83. The molecule has 168 valence electrons. The van der Waals surface area contributed by atoms with Crippen LogP contribution < -0.4 is 20.1 Å². The number of nitrogens with zero attached hydrogens (tertiary/aromatic N) is 4. The molecule has 5 rings (SSSR count). The SMILES string of the molecule is COc1cc(N2CCN(C)c3cc(-c4ccc(C)nc4)ccc32)c2cc(C)c(=O)n(C)c2c1. The van der Waals surface area contributed by atoms with Crippen LogP contribution in [0.4, 0.5) is 17.1 Å². The number of hydrogen-bond acceptors (Lipinski definition) is 5. The largest absolute Gasteiger partial charge is 0.497 e. The van der Waals surface area contributed by atoms with Crippen LogP contribution in [0.15, 0.2) is 59.5 Å². The summed E-state index contributed by atoms with van der Waals surface area (Å²) in [6.07, 6.45) is 1.93. The molecule has 0 atom stereocenters. The number of anilines is 3. The van der Waals surface area contributed by atoms with Crippen LogP contribution in [0.3, 0.4) is 0 Å². The minimum Gasteiger partial charge on any atom is -0.497 e. The summed E-state index contributed by atoms with van der Waals surface area (Å²) < 4.78 is 7.32. The highest BCUT2D eigenvalue weighted by atomic mass is 16.5. The normalized spacial score (nSPS) is 13.4. The number of pyridine rings is 2. The number of rotatable bonds is 3.